The third-order valence-electron chi connectivity index (χ3n) is 3.33. The van der Waals surface area contributed by atoms with Crippen molar-refractivity contribution in [1.82, 2.24) is 4.90 Å². The molecule has 1 aliphatic rings. The molecule has 0 N–H and O–H groups in total. The molecule has 1 aromatic carbocycles. The molecule has 23 heavy (non-hydrogen) atoms. The summed E-state index contributed by atoms with van der Waals surface area (Å²) < 4.78 is 40.3. The van der Waals surface area contributed by atoms with Gasteiger partial charge in [-0.3, -0.25) is 4.79 Å². The van der Waals surface area contributed by atoms with Crippen LogP contribution in [0.5, 0.6) is 5.75 Å². The van der Waals surface area contributed by atoms with E-state index in [9.17, 15) is 13.6 Å². The number of rotatable bonds is 7. The van der Waals surface area contributed by atoms with Crippen molar-refractivity contribution in [1.29, 1.82) is 0 Å². The van der Waals surface area contributed by atoms with Gasteiger partial charge in [-0.25, -0.2) is 0 Å². The maximum Gasteiger partial charge on any atom is 0.387 e. The molecule has 0 radical (unpaired) electrons. The van der Waals surface area contributed by atoms with Crippen molar-refractivity contribution in [3.8, 4) is 5.75 Å². The Morgan fingerprint density at radius 2 is 2.17 bits per heavy atom. The predicted octanol–water partition coefficient (Wildman–Crippen LogP) is 2.27. The van der Waals surface area contributed by atoms with Gasteiger partial charge >= 0.3 is 6.61 Å². The predicted molar refractivity (Wildman–Crippen MR) is 79.8 cm³/mol. The van der Waals surface area contributed by atoms with Crippen LogP contribution >= 0.6 is 11.6 Å². The molecule has 1 fully saturated rings. The monoisotopic (exact) mass is 349 g/mol. The minimum atomic E-state index is -2.93. The van der Waals surface area contributed by atoms with Crippen molar-refractivity contribution in [2.75, 3.05) is 32.2 Å². The summed E-state index contributed by atoms with van der Waals surface area (Å²) in [5, 5.41) is 0. The van der Waals surface area contributed by atoms with Gasteiger partial charge in [0.1, 0.15) is 11.6 Å². The van der Waals surface area contributed by atoms with Crippen LogP contribution in [0.25, 0.3) is 0 Å². The number of para-hydroxylation sites is 1. The fourth-order valence-corrected chi connectivity index (χ4v) is 2.45. The van der Waals surface area contributed by atoms with Crippen molar-refractivity contribution >= 4 is 17.5 Å². The van der Waals surface area contributed by atoms with E-state index in [2.05, 4.69) is 4.74 Å². The van der Waals surface area contributed by atoms with E-state index in [1.54, 1.807) is 18.2 Å². The van der Waals surface area contributed by atoms with E-state index in [0.29, 0.717) is 25.4 Å². The van der Waals surface area contributed by atoms with Crippen LogP contribution < -0.4 is 4.74 Å². The minimum absolute atomic E-state index is 0.0377. The molecule has 1 unspecified atom stereocenters. The van der Waals surface area contributed by atoms with Crippen LogP contribution in [0.2, 0.25) is 0 Å². The second-order valence-corrected chi connectivity index (χ2v) is 5.23. The molecule has 1 saturated heterocycles. The van der Waals surface area contributed by atoms with Gasteiger partial charge in [-0.05, 0) is 6.07 Å². The molecular formula is C15H18ClF2NO4. The van der Waals surface area contributed by atoms with Crippen LogP contribution in [0.3, 0.4) is 0 Å². The second-order valence-electron chi connectivity index (χ2n) is 4.96. The first kappa shape index (κ1) is 17.9. The van der Waals surface area contributed by atoms with Crippen LogP contribution in [-0.4, -0.2) is 55.8 Å². The van der Waals surface area contributed by atoms with Gasteiger partial charge in [0.25, 0.3) is 0 Å². The Morgan fingerprint density at radius 3 is 2.83 bits per heavy atom. The van der Waals surface area contributed by atoms with Gasteiger partial charge in [0.2, 0.25) is 5.91 Å². The molecule has 0 spiro atoms. The molecule has 5 nitrogen and oxygen atoms in total. The molecule has 1 atom stereocenters. The number of hydrogen-bond donors (Lipinski definition) is 0. The lowest BCUT2D eigenvalue weighted by atomic mass is 10.1. The average molecular weight is 350 g/mol. The van der Waals surface area contributed by atoms with Crippen molar-refractivity contribution in [3.05, 3.63) is 29.8 Å². The molecule has 128 valence electrons. The van der Waals surface area contributed by atoms with Gasteiger partial charge in [-0.1, -0.05) is 18.2 Å². The third kappa shape index (κ3) is 5.60. The zero-order valence-corrected chi connectivity index (χ0v) is 13.2. The van der Waals surface area contributed by atoms with Gasteiger partial charge < -0.3 is 19.1 Å². The zero-order valence-electron chi connectivity index (χ0n) is 12.4. The zero-order chi connectivity index (χ0) is 16.7. The normalized spacial score (nSPS) is 18.0. The maximum atomic E-state index is 12.5. The number of carbonyl (C=O) groups excluding carboxylic acids is 1. The summed E-state index contributed by atoms with van der Waals surface area (Å²) in [5.41, 5.74) is 0.475. The smallest absolute Gasteiger partial charge is 0.387 e. The largest absolute Gasteiger partial charge is 0.434 e. The van der Waals surface area contributed by atoms with Crippen LogP contribution in [0.15, 0.2) is 24.3 Å². The SMILES string of the molecule is O=C(CCl)N(Cc1ccccc1OC(F)F)CC1COCCO1. The van der Waals surface area contributed by atoms with Crippen LogP contribution in [-0.2, 0) is 20.8 Å². The highest BCUT2D eigenvalue weighted by atomic mass is 35.5. The molecule has 0 aliphatic carbocycles. The topological polar surface area (TPSA) is 48.0 Å². The fourth-order valence-electron chi connectivity index (χ4n) is 2.28. The summed E-state index contributed by atoms with van der Waals surface area (Å²) in [5.74, 6) is -0.478. The van der Waals surface area contributed by atoms with Crippen molar-refractivity contribution in [2.45, 2.75) is 19.3 Å². The Bertz CT molecular complexity index is 512. The molecular weight excluding hydrogens is 332 g/mol. The van der Waals surface area contributed by atoms with Crippen molar-refractivity contribution < 1.29 is 27.8 Å². The van der Waals surface area contributed by atoms with E-state index >= 15 is 0 Å². The lowest BCUT2D eigenvalue weighted by Crippen LogP contribution is -2.43. The molecule has 1 amide bonds. The highest BCUT2D eigenvalue weighted by molar-refractivity contribution is 6.27. The number of alkyl halides is 3. The van der Waals surface area contributed by atoms with E-state index in [0.717, 1.165) is 0 Å². The minimum Gasteiger partial charge on any atom is -0.434 e. The molecule has 2 rings (SSSR count). The van der Waals surface area contributed by atoms with Crippen LogP contribution in [0, 0.1) is 0 Å². The van der Waals surface area contributed by atoms with E-state index in [1.165, 1.54) is 11.0 Å². The standard InChI is InChI=1S/C15H18ClF2NO4/c16-7-14(20)19(9-12-10-21-5-6-22-12)8-11-3-1-2-4-13(11)23-15(17)18/h1-4,12,15H,5-10H2. The second kappa shape index (κ2) is 9.00. The summed E-state index contributed by atoms with van der Waals surface area (Å²) in [7, 11) is 0. The molecule has 0 aromatic heterocycles. The molecule has 0 bridgehead atoms. The number of amides is 1. The van der Waals surface area contributed by atoms with Gasteiger partial charge in [-0.2, -0.15) is 8.78 Å². The lowest BCUT2D eigenvalue weighted by molar-refractivity contribution is -0.136. The van der Waals surface area contributed by atoms with Crippen molar-refractivity contribution in [3.63, 3.8) is 0 Å². The van der Waals surface area contributed by atoms with Crippen LogP contribution in [0.1, 0.15) is 5.56 Å². The number of hydrogen-bond acceptors (Lipinski definition) is 4. The Kier molecular flexibility index (Phi) is 7.01. The molecule has 1 heterocycles. The Morgan fingerprint density at radius 1 is 1.39 bits per heavy atom. The quantitative estimate of drug-likeness (QED) is 0.709. The summed E-state index contributed by atoms with van der Waals surface area (Å²) in [6.07, 6.45) is -0.265. The summed E-state index contributed by atoms with van der Waals surface area (Å²) in [6.45, 7) is -1.20. The Hall–Kier alpha value is -1.44. The van der Waals surface area contributed by atoms with Gasteiger partial charge in [0, 0.05) is 18.7 Å². The van der Waals surface area contributed by atoms with E-state index < -0.39 is 6.61 Å². The number of halogens is 3. The first-order valence-corrected chi connectivity index (χ1v) is 7.69. The first-order chi connectivity index (χ1) is 11.1. The Balaban J connectivity index is 2.09. The van der Waals surface area contributed by atoms with E-state index in [-0.39, 0.29) is 36.7 Å². The van der Waals surface area contributed by atoms with Gasteiger partial charge in [-0.15, -0.1) is 11.6 Å². The van der Waals surface area contributed by atoms with Gasteiger partial charge in [0.05, 0.1) is 25.9 Å². The number of nitrogens with zero attached hydrogens (tertiary/aromatic N) is 1. The first-order valence-electron chi connectivity index (χ1n) is 7.16. The molecule has 1 aliphatic heterocycles. The molecule has 8 heteroatoms. The Labute approximate surface area is 138 Å². The molecule has 0 saturated carbocycles. The van der Waals surface area contributed by atoms with E-state index in [1.807, 2.05) is 0 Å². The fraction of sp³-hybridized carbons (Fsp3) is 0.533. The average Bonchev–Trinajstić information content (AvgIpc) is 2.55. The number of benzene rings is 1. The van der Waals surface area contributed by atoms with E-state index in [4.69, 9.17) is 21.1 Å². The summed E-state index contributed by atoms with van der Waals surface area (Å²) in [6, 6.07) is 6.35. The third-order valence-corrected chi connectivity index (χ3v) is 3.55. The maximum absolute atomic E-state index is 12.5. The van der Waals surface area contributed by atoms with Crippen LogP contribution in [0.4, 0.5) is 8.78 Å². The highest BCUT2D eigenvalue weighted by Crippen LogP contribution is 2.22. The lowest BCUT2D eigenvalue weighted by Gasteiger charge is -2.30. The van der Waals surface area contributed by atoms with Gasteiger partial charge in [0.15, 0.2) is 0 Å². The summed E-state index contributed by atoms with van der Waals surface area (Å²) >= 11 is 5.64. The number of carbonyl (C=O) groups is 1. The summed E-state index contributed by atoms with van der Waals surface area (Å²) in [4.78, 5) is 13.5. The van der Waals surface area contributed by atoms with Crippen molar-refractivity contribution in [2.24, 2.45) is 0 Å². The highest BCUT2D eigenvalue weighted by Gasteiger charge is 2.23. The molecule has 1 aromatic rings. The number of ether oxygens (including phenoxy) is 3.